The van der Waals surface area contributed by atoms with Crippen LogP contribution in [0.4, 0.5) is 17.5 Å². The van der Waals surface area contributed by atoms with Crippen LogP contribution in [0.1, 0.15) is 111 Å². The predicted octanol–water partition coefficient (Wildman–Crippen LogP) is 16.4. The number of halogens is 1. The summed E-state index contributed by atoms with van der Waals surface area (Å²) in [7, 11) is -4.65. The summed E-state index contributed by atoms with van der Waals surface area (Å²) in [6.45, 7) is 2.68. The molecule has 129 heavy (non-hydrogen) atoms. The van der Waals surface area contributed by atoms with Gasteiger partial charge < -0.3 is 44.7 Å². The molecule has 3 aliphatic heterocycles. The number of carbonyl (C=O) groups excluding carboxylic acids is 4. The number of fused-ring (bicyclic) bond motifs is 2. The van der Waals surface area contributed by atoms with Crippen LogP contribution in [0.3, 0.4) is 0 Å². The Morgan fingerprint density at radius 1 is 0.488 bits per heavy atom. The number of amides is 3. The minimum atomic E-state index is -3.67. The van der Waals surface area contributed by atoms with E-state index in [2.05, 4.69) is 46.7 Å². The Bertz CT molecular complexity index is 6560. The van der Waals surface area contributed by atoms with Gasteiger partial charge in [-0.25, -0.2) is 49.2 Å². The molecule has 5 N–H and O–H groups in total. The Kier molecular flexibility index (Phi) is 26.2. The number of aliphatic hydroxyl groups excluding tert-OH is 1. The number of Topliss-reactive ketones (excluding diaryl/α,β-unsaturated/α-hetero) is 1. The molecule has 7 aliphatic rings. The van der Waals surface area contributed by atoms with Gasteiger partial charge in [-0.3, -0.25) is 24.2 Å². The van der Waals surface area contributed by atoms with Gasteiger partial charge in [0, 0.05) is 72.1 Å². The number of nitrogens with zero attached hydrogens (tertiary/aromatic N) is 6. The van der Waals surface area contributed by atoms with Crippen molar-refractivity contribution in [2.24, 2.45) is 0 Å². The summed E-state index contributed by atoms with van der Waals surface area (Å²) in [6, 6.07) is 74.1. The molecular formula is C99H97ClN10O16S3. The van der Waals surface area contributed by atoms with Gasteiger partial charge in [0.25, 0.3) is 0 Å². The van der Waals surface area contributed by atoms with E-state index in [1.165, 1.54) is 41.9 Å². The fourth-order valence-electron chi connectivity index (χ4n) is 17.0. The highest BCUT2D eigenvalue weighted by Crippen LogP contribution is 2.54. The fraction of sp³-hybridized carbons (Fsp3) is 0.273. The number of ether oxygens (including phenoxy) is 5. The summed E-state index contributed by atoms with van der Waals surface area (Å²) < 4.78 is 106. The third-order valence-corrected chi connectivity index (χ3v) is 30.4. The fourth-order valence-corrected chi connectivity index (χ4v) is 20.4. The maximum absolute atomic E-state index is 13.5. The van der Waals surface area contributed by atoms with Crippen molar-refractivity contribution in [3.63, 3.8) is 0 Å². The molecule has 7 heterocycles. The highest BCUT2D eigenvalue weighted by molar-refractivity contribution is 7.89. The van der Waals surface area contributed by atoms with Gasteiger partial charge in [0.2, 0.25) is 61.4 Å². The van der Waals surface area contributed by atoms with Gasteiger partial charge in [-0.2, -0.15) is 4.31 Å². The van der Waals surface area contributed by atoms with E-state index in [9.17, 15) is 49.5 Å². The van der Waals surface area contributed by atoms with Gasteiger partial charge in [-0.15, -0.1) is 0 Å². The molecule has 19 rings (SSSR count). The topological polar surface area (TPSA) is 343 Å². The molecule has 8 aromatic carbocycles. The first kappa shape index (κ1) is 89.8. The summed E-state index contributed by atoms with van der Waals surface area (Å²) in [4.78, 5) is 71.8. The van der Waals surface area contributed by atoms with Gasteiger partial charge in [0.1, 0.15) is 29.0 Å². The molecule has 1 atom stereocenters. The maximum atomic E-state index is 13.5. The number of rotatable bonds is 25. The van der Waals surface area contributed by atoms with Crippen LogP contribution in [0.5, 0.6) is 28.7 Å². The van der Waals surface area contributed by atoms with Crippen molar-refractivity contribution in [2.75, 3.05) is 70.9 Å². The smallest absolute Gasteiger partial charge is 0.243 e. The summed E-state index contributed by atoms with van der Waals surface area (Å²) in [5.41, 5.74) is 9.78. The molecule has 12 aromatic rings. The minimum Gasteiger partial charge on any atom is -0.496 e. The minimum absolute atomic E-state index is 0.0404. The first-order chi connectivity index (χ1) is 62.2. The van der Waals surface area contributed by atoms with Crippen molar-refractivity contribution in [1.82, 2.24) is 33.3 Å². The van der Waals surface area contributed by atoms with Gasteiger partial charge in [-0.1, -0.05) is 152 Å². The number of methoxy groups -OCH3 is 1. The third kappa shape index (κ3) is 19.2. The Labute approximate surface area is 755 Å². The van der Waals surface area contributed by atoms with Crippen LogP contribution in [0.15, 0.2) is 270 Å². The van der Waals surface area contributed by atoms with E-state index < -0.39 is 51.7 Å². The zero-order valence-electron chi connectivity index (χ0n) is 71.7. The van der Waals surface area contributed by atoms with E-state index >= 15 is 0 Å². The summed E-state index contributed by atoms with van der Waals surface area (Å²) >= 11 is 5.96. The monoisotopic (exact) mass is 1810 g/mol. The average Bonchev–Trinajstić information content (AvgIpc) is 1.57. The second kappa shape index (κ2) is 37.6. The Morgan fingerprint density at radius 2 is 0.930 bits per heavy atom. The number of anilines is 3. The van der Waals surface area contributed by atoms with E-state index in [0.29, 0.717) is 70.4 Å². The van der Waals surface area contributed by atoms with Gasteiger partial charge >= 0.3 is 0 Å². The molecule has 4 aromatic heterocycles. The molecule has 3 amide bonds. The van der Waals surface area contributed by atoms with Gasteiger partial charge in [0.05, 0.1) is 72.8 Å². The molecule has 4 aliphatic carbocycles. The quantitative estimate of drug-likeness (QED) is 0.0355. The van der Waals surface area contributed by atoms with Gasteiger partial charge in [0.15, 0.2) is 23.0 Å². The standard InChI is InChI=1S/C28H31N3O4S.C25H23NO4.C24H23N3O5S.C22H20ClN3O3S/c32-20-23-10-7-19-31(23)36(34,35)24-15-13-21(14-16-24)25-11-6-12-26(29-25)30-27(33)28(17-4-5-18-28)22-8-2-1-3-9-22;1-16-11-17(19-5-3-4-6-21(19)28-2)14-26-20(16)13-24(27)25(9-10-25)18-7-8-22-23(12-18)30-15-29-22;1-27(2)33(29,30)18-9-6-16(7-10-18)19-4-3-5-22(25-19)26-23(28)24(12-13-24)17-8-11-20-21(14-17)32-15-31-20;1-24-30(28,29)18-11-5-15(6-12-18)19-3-2-4-20(25-19)26-21(27)22(13-14-22)16-7-9-17(23)10-8-16/h1-3,6,8-9,11-16,23,32H,4-5,7,10,17-20H2,(H,29,30,33);3-8,11-12,14H,9-10,13,15H2,1-2H3;3-11,14H,12-13,15H2,1-2H3,(H,25,26,28);2-12,24H,13-14H2,1H3,(H,25,26,27)/t23-;;;/m1.../s1. The number of hydrogen-bond acceptors (Lipinski definition) is 20. The number of nitrogens with one attached hydrogen (secondary N) is 4. The molecule has 0 bridgehead atoms. The molecule has 4 saturated carbocycles. The summed E-state index contributed by atoms with van der Waals surface area (Å²) in [5, 5.41) is 19.1. The van der Waals surface area contributed by atoms with Crippen LogP contribution in [0, 0.1) is 6.92 Å². The highest BCUT2D eigenvalue weighted by Gasteiger charge is 2.54. The SMILES string of the molecule is CN(C)S(=O)(=O)c1ccc(-c2cccc(NC(=O)C3(c4ccc5c(c4)OCO5)CC3)n2)cc1.CNS(=O)(=O)c1ccc(-c2cccc(NC(=O)C3(c4ccc(Cl)cc4)CC3)n2)cc1.COc1ccccc1-c1cnc(CC(=O)C2(c3ccc4c(c3)OCO4)CC2)c(C)c1.O=C(Nc1cccc(-c2ccc(S(=O)(=O)N3CCC[C@@H]3CO)cc2)n1)C1(c2ccccc2)CCCC1. The van der Waals surface area contributed by atoms with Crippen molar-refractivity contribution in [2.45, 2.75) is 133 Å². The lowest BCUT2D eigenvalue weighted by Gasteiger charge is -2.28. The van der Waals surface area contributed by atoms with E-state index in [1.807, 2.05) is 147 Å². The van der Waals surface area contributed by atoms with Crippen molar-refractivity contribution in [3.05, 3.63) is 293 Å². The van der Waals surface area contributed by atoms with E-state index in [-0.39, 0.29) is 64.4 Å². The van der Waals surface area contributed by atoms with Crippen molar-refractivity contribution in [1.29, 1.82) is 0 Å². The lowest BCUT2D eigenvalue weighted by molar-refractivity contribution is -0.122. The van der Waals surface area contributed by atoms with E-state index in [1.54, 1.807) is 104 Å². The van der Waals surface area contributed by atoms with Crippen molar-refractivity contribution in [3.8, 4) is 73.6 Å². The highest BCUT2D eigenvalue weighted by atomic mass is 35.5. The lowest BCUT2D eigenvalue weighted by atomic mass is 9.78. The molecule has 0 unspecified atom stereocenters. The number of aromatic nitrogens is 4. The first-order valence-corrected chi connectivity index (χ1v) is 47.3. The second-order valence-corrected chi connectivity index (χ2v) is 39.4. The lowest BCUT2D eigenvalue weighted by Crippen LogP contribution is -2.38. The number of pyridine rings is 4. The number of sulfonamides is 3. The Hall–Kier alpha value is -12.6. The number of aliphatic hydroxyl groups is 1. The van der Waals surface area contributed by atoms with Crippen LogP contribution < -0.4 is 44.4 Å². The summed E-state index contributed by atoms with van der Waals surface area (Å²) in [5.74, 6) is 4.95. The molecule has 5 fully saturated rings. The zero-order valence-corrected chi connectivity index (χ0v) is 74.9. The van der Waals surface area contributed by atoms with E-state index in [4.69, 9.17) is 35.3 Å². The summed E-state index contributed by atoms with van der Waals surface area (Å²) in [6.07, 6.45) is 12.0. The van der Waals surface area contributed by atoms with Crippen LogP contribution in [0.2, 0.25) is 5.02 Å². The number of hydrogen-bond donors (Lipinski definition) is 5. The zero-order chi connectivity index (χ0) is 90.5. The van der Waals surface area contributed by atoms with Crippen molar-refractivity contribution < 1.29 is 73.2 Å². The van der Waals surface area contributed by atoms with Gasteiger partial charge in [-0.05, 0) is 227 Å². The first-order valence-electron chi connectivity index (χ1n) is 42.6. The third-order valence-electron chi connectivity index (χ3n) is 25.0. The molecule has 30 heteroatoms. The number of aryl methyl sites for hydroxylation is 1. The molecule has 0 radical (unpaired) electrons. The molecular weight excluding hydrogens is 1720 g/mol. The van der Waals surface area contributed by atoms with Crippen LogP contribution in [-0.4, -0.2) is 143 Å². The average molecular weight is 1810 g/mol. The normalized spacial score (nSPS) is 16.7. The molecule has 0 spiro atoms. The van der Waals surface area contributed by atoms with E-state index in [0.717, 1.165) is 149 Å². The number of ketones is 1. The maximum Gasteiger partial charge on any atom is 0.243 e. The Morgan fingerprint density at radius 3 is 1.40 bits per heavy atom. The molecule has 26 nitrogen and oxygen atoms in total. The Balaban J connectivity index is 0.000000126. The molecule has 1 saturated heterocycles. The number of para-hydroxylation sites is 1. The largest absolute Gasteiger partial charge is 0.496 e. The van der Waals surface area contributed by atoms with Crippen molar-refractivity contribution >= 4 is 82.6 Å². The number of carbonyl (C=O) groups is 4. The second-order valence-electron chi connectivity index (χ2n) is 33.1. The van der Waals surface area contributed by atoms with Crippen LogP contribution in [-0.2, 0) is 77.3 Å². The predicted molar refractivity (Wildman–Crippen MR) is 492 cm³/mol. The van der Waals surface area contributed by atoms with Crippen LogP contribution in [0.25, 0.3) is 44.9 Å². The molecule has 664 valence electrons. The van der Waals surface area contributed by atoms with Crippen LogP contribution >= 0.6 is 11.6 Å². The number of benzene rings is 8.